The zero-order valence-electron chi connectivity index (χ0n) is 7.09. The molecule has 0 saturated carbocycles. The molecule has 2 rings (SSSR count). The Morgan fingerprint density at radius 3 is 1.71 bits per heavy atom. The molecule has 103 valence electrons. The van der Waals surface area contributed by atoms with E-state index in [4.69, 9.17) is 0 Å². The third-order valence-electron chi connectivity index (χ3n) is 1.65. The van der Waals surface area contributed by atoms with E-state index in [-0.39, 0.29) is 0 Å². The molecular formula is C5CfF7O4. The van der Waals surface area contributed by atoms with Gasteiger partial charge in [-0.2, -0.15) is 0 Å². The SMILES string of the molecule is F[C]1=[Cf][O]C2(O1)C(F)(F)OC(F)(F)OC2(F)F. The van der Waals surface area contributed by atoms with Gasteiger partial charge in [0.05, 0.1) is 0 Å². The fourth-order valence-electron chi connectivity index (χ4n) is 1.01. The number of rotatable bonds is 0. The molecule has 1 spiro atoms. The summed E-state index contributed by atoms with van der Waals surface area (Å²) < 4.78 is 95.6. The van der Waals surface area contributed by atoms with Crippen LogP contribution in [0.1, 0.15) is 0 Å². The quantitative estimate of drug-likeness (QED) is 0.466. The van der Waals surface area contributed by atoms with Crippen LogP contribution in [-0.4, -0.2) is 31.2 Å². The van der Waals surface area contributed by atoms with E-state index in [1.54, 1.807) is 0 Å². The van der Waals surface area contributed by atoms with Gasteiger partial charge in [0.1, 0.15) is 0 Å². The van der Waals surface area contributed by atoms with Crippen LogP contribution in [0.4, 0.5) is 30.7 Å². The maximum atomic E-state index is 13.1. The van der Waals surface area contributed by atoms with E-state index in [0.29, 0.717) is 0 Å². The summed E-state index contributed by atoms with van der Waals surface area (Å²) in [4.78, 5) is 0. The molecule has 0 atom stereocenters. The number of ether oxygens (including phenoxy) is 3. The zero-order valence-corrected chi connectivity index (χ0v) is 9.73. The van der Waals surface area contributed by atoms with Crippen LogP contribution in [0.2, 0.25) is 0 Å². The standard InChI is InChI=1S/C5F7O4.Cf/c6-1-14-2(13)3(7,8)15-5(11,12)16-4(2,9)10;/q-1;+1. The van der Waals surface area contributed by atoms with Crippen LogP contribution in [0.3, 0.4) is 0 Å². The molecule has 0 bridgehead atoms. The first kappa shape index (κ1) is 11.7. The second-order valence-electron chi connectivity index (χ2n) is 2.75. The van der Waals surface area contributed by atoms with Gasteiger partial charge < -0.3 is 0 Å². The fourth-order valence-corrected chi connectivity index (χ4v) is 2.83. The normalized spacial score (nSPS) is 32.1. The third kappa shape index (κ3) is 1.38. The Hall–Kier alpha value is -1.78. The zero-order chi connectivity index (χ0) is 13.1. The Bertz CT molecular complexity index is 362. The van der Waals surface area contributed by atoms with E-state index in [2.05, 4.69) is 19.3 Å². The van der Waals surface area contributed by atoms with Crippen molar-refractivity contribution in [2.75, 3.05) is 0 Å². The molecule has 2 heterocycles. The monoisotopic (exact) mass is 506 g/mol. The van der Waals surface area contributed by atoms with Gasteiger partial charge in [-0.3, -0.25) is 0 Å². The van der Waals surface area contributed by atoms with Crippen molar-refractivity contribution in [1.82, 2.24) is 0 Å². The number of hydrogen-bond donors (Lipinski definition) is 0. The van der Waals surface area contributed by atoms with Crippen molar-refractivity contribution in [3.63, 3.8) is 0 Å². The molecule has 4 nitrogen and oxygen atoms in total. The Balaban J connectivity index is 2.44. The molecule has 0 N–H and O–H groups in total. The molecule has 2 aliphatic rings. The van der Waals surface area contributed by atoms with Gasteiger partial charge >= 0.3 is 81.2 Å². The van der Waals surface area contributed by atoms with Crippen molar-refractivity contribution >= 4 is 6.86 Å². The predicted octanol–water partition coefficient (Wildman–Crippen LogP) is 1.57. The van der Waals surface area contributed by atoms with Crippen molar-refractivity contribution in [3.05, 3.63) is 0 Å². The van der Waals surface area contributed by atoms with Crippen LogP contribution >= 0.6 is 0 Å². The van der Waals surface area contributed by atoms with E-state index < -0.39 is 31.2 Å². The van der Waals surface area contributed by atoms with Crippen LogP contribution in [0.5, 0.6) is 0 Å². The molecule has 0 aromatic rings. The van der Waals surface area contributed by atoms with Gasteiger partial charge in [-0.1, -0.05) is 0 Å². The van der Waals surface area contributed by atoms with E-state index in [0.717, 1.165) is 0 Å². The molecule has 2 aliphatic heterocycles. The summed E-state index contributed by atoms with van der Waals surface area (Å²) in [5, 5.41) is 3.85. The van der Waals surface area contributed by atoms with Gasteiger partial charge in [0.15, 0.2) is 0 Å². The van der Waals surface area contributed by atoms with Gasteiger partial charge in [0, 0.05) is 0 Å². The first-order valence-corrected chi connectivity index (χ1v) is 5.93. The molecule has 1 saturated heterocycles. The first-order chi connectivity index (χ1) is 7.52. The molecule has 17 heavy (non-hydrogen) atoms. The van der Waals surface area contributed by atoms with Crippen molar-refractivity contribution in [2.45, 2.75) is 24.3 Å². The van der Waals surface area contributed by atoms with Gasteiger partial charge in [-0.15, -0.1) is 0 Å². The maximum absolute atomic E-state index is 13.1. The number of halogens is 7. The summed E-state index contributed by atoms with van der Waals surface area (Å²) in [7, 11) is 0. The summed E-state index contributed by atoms with van der Waals surface area (Å²) in [5.41, 5.74) is 0. The average molecular weight is 508 g/mol. The Morgan fingerprint density at radius 1 is 0.882 bits per heavy atom. The molecular weight excluding hydrogens is 508 g/mol. The Morgan fingerprint density at radius 2 is 1.35 bits per heavy atom. The van der Waals surface area contributed by atoms with Crippen LogP contribution in [0, 0.1) is 0 Å². The van der Waals surface area contributed by atoms with Crippen LogP contribution < -0.4 is 0 Å². The summed E-state index contributed by atoms with van der Waals surface area (Å²) >= 11 is 0. The number of alkyl halides is 6. The number of hydrogen-bond acceptors (Lipinski definition) is 4. The van der Waals surface area contributed by atoms with E-state index >= 15 is 0 Å². The molecule has 1 fully saturated rings. The van der Waals surface area contributed by atoms with Crippen LogP contribution in [0.25, 0.3) is 0 Å². The summed E-state index contributed by atoms with van der Waals surface area (Å²) in [6.07, 6.45) is -15.8. The van der Waals surface area contributed by atoms with E-state index in [1.165, 1.54) is 0 Å². The van der Waals surface area contributed by atoms with Gasteiger partial charge in [0.25, 0.3) is 0 Å². The van der Waals surface area contributed by atoms with Crippen LogP contribution in [0.15, 0.2) is 0 Å². The topological polar surface area (TPSA) is 36.9 Å². The van der Waals surface area contributed by atoms with E-state index in [1.807, 2.05) is 0 Å². The molecule has 12 heteroatoms. The van der Waals surface area contributed by atoms with Crippen molar-refractivity contribution in [1.29, 1.82) is 0 Å². The molecule has 0 amide bonds. The molecule has 0 aliphatic carbocycles. The second-order valence-corrected chi connectivity index (χ2v) is 4.86. The summed E-state index contributed by atoms with van der Waals surface area (Å²) in [6, 6.07) is 0. The van der Waals surface area contributed by atoms with Crippen LogP contribution in [-0.2, 0) is 19.3 Å². The minimum atomic E-state index is -5.29. The Labute approximate surface area is 82.5 Å². The first-order valence-electron chi connectivity index (χ1n) is 3.54. The van der Waals surface area contributed by atoms with Gasteiger partial charge in [0.2, 0.25) is 0 Å². The van der Waals surface area contributed by atoms with Gasteiger partial charge in [-0.25, -0.2) is 0 Å². The minimum absolute atomic E-state index is 1.70. The van der Waals surface area contributed by atoms with Gasteiger partial charge in [-0.05, 0) is 0 Å². The van der Waals surface area contributed by atoms with Crippen molar-refractivity contribution in [3.8, 4) is 0 Å². The van der Waals surface area contributed by atoms with E-state index in [9.17, 15) is 30.7 Å². The molecule has 0 radical (unpaired) electrons. The van der Waals surface area contributed by atoms with Crippen molar-refractivity contribution < 1.29 is 50.1 Å². The third-order valence-corrected chi connectivity index (χ3v) is 3.37. The summed E-state index contributed by atoms with van der Waals surface area (Å²) in [5.74, 6) is -4.35. The van der Waals surface area contributed by atoms with Crippen molar-refractivity contribution in [2.24, 2.45) is 0 Å². The predicted molar refractivity (Wildman–Crippen MR) is 28.0 cm³/mol. The molecule has 0 aromatic carbocycles. The molecule has 0 aromatic heterocycles. The fraction of sp³-hybridized carbons (Fsp3) is 0.800. The summed E-state index contributed by atoms with van der Waals surface area (Å²) in [6.45, 7) is -1.70. The second kappa shape index (κ2) is 2.72. The Kier molecular flexibility index (Phi) is 1.87. The average Bonchev–Trinajstić information content (AvgIpc) is 2.42. The molecule has 0 unspecified atom stereocenters.